The third-order valence-corrected chi connectivity index (χ3v) is 12.9. The summed E-state index contributed by atoms with van der Waals surface area (Å²) in [6.07, 6.45) is 6.09. The molecule has 0 unspecified atom stereocenters. The minimum absolute atomic E-state index is 0.0849. The lowest BCUT2D eigenvalue weighted by molar-refractivity contribution is 0.515. The average molecular weight is 507 g/mol. The fourth-order valence-electron chi connectivity index (χ4n) is 5.94. The van der Waals surface area contributed by atoms with Crippen LogP contribution in [0.5, 0.6) is 0 Å². The molecule has 1 heteroatoms. The van der Waals surface area contributed by atoms with Crippen LogP contribution < -0.4 is 15.6 Å². The van der Waals surface area contributed by atoms with E-state index in [-0.39, 0.29) is 5.41 Å². The quantitative estimate of drug-likeness (QED) is 0.223. The molecule has 0 saturated heterocycles. The van der Waals surface area contributed by atoms with E-state index >= 15 is 0 Å². The molecule has 1 aliphatic carbocycles. The Bertz CT molecular complexity index is 1190. The maximum Gasteiger partial charge on any atom is 0.179 e. The molecule has 0 fully saturated rings. The highest BCUT2D eigenvalue weighted by atomic mass is 28.3. The zero-order valence-electron chi connectivity index (χ0n) is 24.5. The van der Waals surface area contributed by atoms with Crippen molar-refractivity contribution in [2.75, 3.05) is 0 Å². The van der Waals surface area contributed by atoms with E-state index in [2.05, 4.69) is 147 Å². The Morgan fingerprint density at radius 2 is 0.946 bits per heavy atom. The van der Waals surface area contributed by atoms with Crippen molar-refractivity contribution in [3.63, 3.8) is 0 Å². The molecule has 194 valence electrons. The van der Waals surface area contributed by atoms with Crippen LogP contribution in [0.25, 0.3) is 0 Å². The van der Waals surface area contributed by atoms with Gasteiger partial charge in [0.15, 0.2) is 8.07 Å². The second-order valence-corrected chi connectivity index (χ2v) is 16.6. The monoisotopic (exact) mass is 506 g/mol. The van der Waals surface area contributed by atoms with Gasteiger partial charge in [-0.25, -0.2) is 0 Å². The Morgan fingerprint density at radius 3 is 1.27 bits per heavy atom. The molecule has 0 bridgehead atoms. The molecule has 0 aliphatic heterocycles. The van der Waals surface area contributed by atoms with Crippen molar-refractivity contribution in [3.8, 4) is 0 Å². The fourth-order valence-corrected chi connectivity index (χ4v) is 11.4. The summed E-state index contributed by atoms with van der Waals surface area (Å²) in [7, 11) is -2.60. The largest absolute Gasteiger partial charge is 0.179 e. The smallest absolute Gasteiger partial charge is 0.0801 e. The Labute approximate surface area is 227 Å². The van der Waals surface area contributed by atoms with Crippen LogP contribution in [0.1, 0.15) is 103 Å². The summed E-state index contributed by atoms with van der Waals surface area (Å²) in [5.74, 6) is 1.47. The van der Waals surface area contributed by atoms with Crippen molar-refractivity contribution in [3.05, 3.63) is 112 Å². The lowest BCUT2D eigenvalue weighted by atomic mass is 9.87. The summed E-state index contributed by atoms with van der Waals surface area (Å²) < 4.78 is 0. The summed E-state index contributed by atoms with van der Waals surface area (Å²) in [4.78, 5) is 0. The van der Waals surface area contributed by atoms with E-state index in [4.69, 9.17) is 0 Å². The molecule has 3 aromatic rings. The lowest BCUT2D eigenvalue weighted by Gasteiger charge is -2.40. The number of allylic oxidation sites excluding steroid dienone is 4. The van der Waals surface area contributed by atoms with Gasteiger partial charge >= 0.3 is 0 Å². The molecule has 1 aliphatic rings. The van der Waals surface area contributed by atoms with Gasteiger partial charge in [0.05, 0.1) is 0 Å². The van der Waals surface area contributed by atoms with Gasteiger partial charge in [0.25, 0.3) is 0 Å². The van der Waals surface area contributed by atoms with E-state index in [1.54, 1.807) is 5.20 Å². The van der Waals surface area contributed by atoms with Crippen LogP contribution in [0.3, 0.4) is 0 Å². The van der Waals surface area contributed by atoms with Crippen LogP contribution >= 0.6 is 0 Å². The predicted octanol–water partition coefficient (Wildman–Crippen LogP) is 8.37. The minimum Gasteiger partial charge on any atom is -0.0801 e. The fraction of sp³-hybridized carbons (Fsp3) is 0.389. The predicted molar refractivity (Wildman–Crippen MR) is 166 cm³/mol. The van der Waals surface area contributed by atoms with Crippen molar-refractivity contribution in [2.45, 2.75) is 86.5 Å². The molecule has 0 atom stereocenters. The molecule has 0 heterocycles. The Hall–Kier alpha value is -2.64. The van der Waals surface area contributed by atoms with E-state index in [0.29, 0.717) is 17.8 Å². The SMILES string of the molecule is CC(C)c1cccc([Si](C2=CCC=C2C(C)(C)C)(c2cccc(C(C)C)c2)c2cccc(C(C)C)c2)c1. The average Bonchev–Trinajstić information content (AvgIpc) is 3.36. The summed E-state index contributed by atoms with van der Waals surface area (Å²) in [5, 5.41) is 6.10. The Balaban J connectivity index is 2.19. The molecular weight excluding hydrogens is 460 g/mol. The second kappa shape index (κ2) is 10.6. The van der Waals surface area contributed by atoms with Crippen LogP contribution in [0.4, 0.5) is 0 Å². The second-order valence-electron chi connectivity index (χ2n) is 12.8. The van der Waals surface area contributed by atoms with Crippen molar-refractivity contribution >= 4 is 23.6 Å². The number of rotatable bonds is 7. The molecule has 0 N–H and O–H groups in total. The van der Waals surface area contributed by atoms with E-state index in [0.717, 1.165) is 6.42 Å². The van der Waals surface area contributed by atoms with Gasteiger partial charge in [0.2, 0.25) is 0 Å². The molecule has 0 saturated carbocycles. The highest BCUT2D eigenvalue weighted by Crippen LogP contribution is 2.40. The first-order valence-corrected chi connectivity index (χ1v) is 16.2. The maximum absolute atomic E-state index is 2.60. The molecular formula is C36H46Si. The topological polar surface area (TPSA) is 0 Å². The molecule has 3 aromatic carbocycles. The minimum atomic E-state index is -2.60. The van der Waals surface area contributed by atoms with Crippen molar-refractivity contribution < 1.29 is 0 Å². The highest BCUT2D eigenvalue weighted by molar-refractivity contribution is 7.16. The van der Waals surface area contributed by atoms with Crippen molar-refractivity contribution in [1.82, 2.24) is 0 Å². The van der Waals surface area contributed by atoms with E-state index in [1.807, 2.05) is 0 Å². The maximum atomic E-state index is 2.57. The number of hydrogen-bond donors (Lipinski definition) is 0. The molecule has 0 amide bonds. The molecule has 0 nitrogen and oxygen atoms in total. The molecule has 4 rings (SSSR count). The van der Waals surface area contributed by atoms with E-state index in [1.165, 1.54) is 37.8 Å². The first kappa shape index (κ1) is 27.4. The summed E-state index contributed by atoms with van der Waals surface area (Å²) in [5.41, 5.74) is 5.89. The molecule has 0 radical (unpaired) electrons. The van der Waals surface area contributed by atoms with Gasteiger partial charge in [-0.15, -0.1) is 0 Å². The van der Waals surface area contributed by atoms with Crippen LogP contribution in [0, 0.1) is 5.41 Å². The Kier molecular flexibility index (Phi) is 7.86. The number of hydrogen-bond acceptors (Lipinski definition) is 0. The van der Waals surface area contributed by atoms with E-state index in [9.17, 15) is 0 Å². The van der Waals surface area contributed by atoms with Crippen molar-refractivity contribution in [1.29, 1.82) is 0 Å². The van der Waals surface area contributed by atoms with Gasteiger partial charge in [-0.3, -0.25) is 0 Å². The number of benzene rings is 3. The first-order chi connectivity index (χ1) is 17.5. The summed E-state index contributed by atoms with van der Waals surface area (Å²) in [6, 6.07) is 28.8. The van der Waals surface area contributed by atoms with Gasteiger partial charge in [0.1, 0.15) is 0 Å². The lowest BCUT2D eigenvalue weighted by Crippen LogP contribution is -2.69. The first-order valence-electron chi connectivity index (χ1n) is 14.2. The van der Waals surface area contributed by atoms with Crippen LogP contribution in [0.2, 0.25) is 0 Å². The van der Waals surface area contributed by atoms with Gasteiger partial charge in [-0.05, 0) is 72.6 Å². The standard InChI is InChI=1S/C36H46Si/c1-25(2)28-14-10-17-31(22-28)37(32-18-11-15-29(23-32)26(3)4,33-19-12-16-30(24-33)27(5)6)35-21-13-20-34(35)36(7,8)9/h10-12,14-27H,13H2,1-9H3. The Morgan fingerprint density at radius 1 is 0.568 bits per heavy atom. The van der Waals surface area contributed by atoms with E-state index < -0.39 is 8.07 Å². The third kappa shape index (κ3) is 5.21. The molecule has 37 heavy (non-hydrogen) atoms. The normalized spacial score (nSPS) is 14.5. The van der Waals surface area contributed by atoms with Crippen molar-refractivity contribution in [2.24, 2.45) is 5.41 Å². The van der Waals surface area contributed by atoms with Gasteiger partial charge in [-0.1, -0.05) is 147 Å². The zero-order valence-corrected chi connectivity index (χ0v) is 25.5. The van der Waals surface area contributed by atoms with Gasteiger partial charge in [-0.2, -0.15) is 0 Å². The van der Waals surface area contributed by atoms with Crippen LogP contribution in [-0.2, 0) is 0 Å². The third-order valence-electron chi connectivity index (χ3n) is 8.11. The molecule has 0 spiro atoms. The summed E-state index contributed by atoms with van der Waals surface area (Å²) in [6.45, 7) is 21.1. The van der Waals surface area contributed by atoms with Gasteiger partial charge < -0.3 is 0 Å². The highest BCUT2D eigenvalue weighted by Gasteiger charge is 2.47. The van der Waals surface area contributed by atoms with Crippen LogP contribution in [0.15, 0.2) is 95.7 Å². The zero-order chi connectivity index (χ0) is 27.0. The molecule has 0 aromatic heterocycles. The van der Waals surface area contributed by atoms with Crippen LogP contribution in [-0.4, -0.2) is 8.07 Å². The van der Waals surface area contributed by atoms with Gasteiger partial charge in [0, 0.05) is 0 Å². The summed E-state index contributed by atoms with van der Waals surface area (Å²) >= 11 is 0.